The molecule has 32 heavy (non-hydrogen) atoms. The molecule has 1 fully saturated rings. The number of benzene rings is 2. The van der Waals surface area contributed by atoms with Gasteiger partial charge in [-0.3, -0.25) is 14.7 Å². The summed E-state index contributed by atoms with van der Waals surface area (Å²) in [7, 11) is 1.42. The van der Waals surface area contributed by atoms with E-state index in [1.165, 1.54) is 48.0 Å². The van der Waals surface area contributed by atoms with Crippen molar-refractivity contribution in [3.8, 4) is 11.5 Å². The fourth-order valence-electron chi connectivity index (χ4n) is 2.97. The molecule has 4 rings (SSSR count). The smallest absolute Gasteiger partial charge is 0.346 e. The van der Waals surface area contributed by atoms with E-state index in [2.05, 4.69) is 4.98 Å². The molecule has 0 unspecified atom stereocenters. The third kappa shape index (κ3) is 4.39. The zero-order valence-electron chi connectivity index (χ0n) is 16.7. The Balaban J connectivity index is 1.57. The molecule has 2 heterocycles. The number of anilines is 1. The molecule has 1 aromatic heterocycles. The Morgan fingerprint density at radius 2 is 1.97 bits per heavy atom. The summed E-state index contributed by atoms with van der Waals surface area (Å²) in [5, 5.41) is 0. The first-order valence-corrected chi connectivity index (χ1v) is 10.5. The van der Waals surface area contributed by atoms with Crippen LogP contribution in [0.15, 0.2) is 71.9 Å². The van der Waals surface area contributed by atoms with Crippen molar-refractivity contribution in [1.82, 2.24) is 4.98 Å². The number of thiocarbonyl (C=S) groups is 1. The zero-order chi connectivity index (χ0) is 22.7. The summed E-state index contributed by atoms with van der Waals surface area (Å²) in [4.78, 5) is 31.0. The number of aromatic nitrogens is 1. The van der Waals surface area contributed by atoms with E-state index < -0.39 is 11.8 Å². The van der Waals surface area contributed by atoms with Crippen molar-refractivity contribution in [1.29, 1.82) is 0 Å². The van der Waals surface area contributed by atoms with Gasteiger partial charge in [0.15, 0.2) is 15.8 Å². The van der Waals surface area contributed by atoms with Crippen LogP contribution in [-0.4, -0.2) is 28.3 Å². The maximum absolute atomic E-state index is 13.8. The summed E-state index contributed by atoms with van der Waals surface area (Å²) in [6.07, 6.45) is 4.85. The number of methoxy groups -OCH3 is 1. The van der Waals surface area contributed by atoms with Crippen LogP contribution < -0.4 is 14.4 Å². The van der Waals surface area contributed by atoms with Crippen molar-refractivity contribution >= 4 is 51.9 Å². The number of pyridine rings is 1. The third-order valence-electron chi connectivity index (χ3n) is 4.48. The van der Waals surface area contributed by atoms with Crippen LogP contribution in [0.2, 0.25) is 0 Å². The lowest BCUT2D eigenvalue weighted by Gasteiger charge is -2.13. The summed E-state index contributed by atoms with van der Waals surface area (Å²) < 4.78 is 24.9. The van der Waals surface area contributed by atoms with Crippen LogP contribution >= 0.6 is 24.0 Å². The second-order valence-corrected chi connectivity index (χ2v) is 8.18. The molecular formula is C23H15FN2O4S2. The van der Waals surface area contributed by atoms with Crippen molar-refractivity contribution in [3.63, 3.8) is 0 Å². The highest BCUT2D eigenvalue weighted by atomic mass is 32.2. The van der Waals surface area contributed by atoms with Crippen molar-refractivity contribution < 1.29 is 23.5 Å². The number of carbonyl (C=O) groups excluding carboxylic acids is 2. The fourth-order valence-corrected chi connectivity index (χ4v) is 4.27. The number of carbonyl (C=O) groups is 2. The van der Waals surface area contributed by atoms with E-state index in [1.54, 1.807) is 48.8 Å². The maximum atomic E-state index is 13.8. The van der Waals surface area contributed by atoms with Crippen LogP contribution in [0.3, 0.4) is 0 Å². The molecule has 0 bridgehead atoms. The van der Waals surface area contributed by atoms with Crippen LogP contribution in [-0.2, 0) is 4.79 Å². The predicted molar refractivity (Wildman–Crippen MR) is 124 cm³/mol. The zero-order valence-corrected chi connectivity index (χ0v) is 18.3. The monoisotopic (exact) mass is 466 g/mol. The Kier molecular flexibility index (Phi) is 6.29. The van der Waals surface area contributed by atoms with Crippen molar-refractivity contribution in [3.05, 3.63) is 88.8 Å². The summed E-state index contributed by atoms with van der Waals surface area (Å²) in [6, 6.07) is 13.8. The minimum atomic E-state index is -0.841. The highest BCUT2D eigenvalue weighted by Crippen LogP contribution is 2.37. The van der Waals surface area contributed by atoms with Crippen LogP contribution in [0.25, 0.3) is 6.08 Å². The molecule has 0 radical (unpaired) electrons. The Bertz CT molecular complexity index is 1250. The van der Waals surface area contributed by atoms with E-state index in [4.69, 9.17) is 21.7 Å². The molecule has 1 aliphatic heterocycles. The van der Waals surface area contributed by atoms with E-state index in [0.717, 1.165) is 0 Å². The summed E-state index contributed by atoms with van der Waals surface area (Å²) in [5.74, 6) is -1.40. The summed E-state index contributed by atoms with van der Waals surface area (Å²) in [6.45, 7) is 0. The topological polar surface area (TPSA) is 68.7 Å². The van der Waals surface area contributed by atoms with Gasteiger partial charge in [-0.15, -0.1) is 0 Å². The molecule has 0 atom stereocenters. The summed E-state index contributed by atoms with van der Waals surface area (Å²) in [5.41, 5.74) is 1.04. The maximum Gasteiger partial charge on any atom is 0.346 e. The van der Waals surface area contributed by atoms with Gasteiger partial charge in [0.1, 0.15) is 5.82 Å². The minimum Gasteiger partial charge on any atom is -0.493 e. The van der Waals surface area contributed by atoms with Gasteiger partial charge in [-0.2, -0.15) is 0 Å². The predicted octanol–water partition coefficient (Wildman–Crippen LogP) is 4.85. The van der Waals surface area contributed by atoms with Gasteiger partial charge in [0, 0.05) is 6.20 Å². The number of hydrogen-bond acceptors (Lipinski definition) is 7. The quantitative estimate of drug-likeness (QED) is 0.230. The Morgan fingerprint density at radius 3 is 2.69 bits per heavy atom. The van der Waals surface area contributed by atoms with Gasteiger partial charge >= 0.3 is 5.97 Å². The van der Waals surface area contributed by atoms with Crippen LogP contribution in [0.4, 0.5) is 10.1 Å². The molecule has 0 spiro atoms. The molecule has 0 N–H and O–H groups in total. The lowest BCUT2D eigenvalue weighted by molar-refractivity contribution is -0.113. The van der Waals surface area contributed by atoms with E-state index in [-0.39, 0.29) is 23.0 Å². The SMILES string of the molecule is COc1cc(/C=C2\SC(=S)N(c3cccnc3)C2=O)ccc1OC(=O)c1ccccc1F. The van der Waals surface area contributed by atoms with Gasteiger partial charge in [0.05, 0.1) is 29.5 Å². The summed E-state index contributed by atoms with van der Waals surface area (Å²) >= 11 is 6.53. The number of rotatable bonds is 5. The van der Waals surface area contributed by atoms with E-state index in [9.17, 15) is 14.0 Å². The second-order valence-electron chi connectivity index (χ2n) is 6.51. The number of amides is 1. The van der Waals surface area contributed by atoms with Crippen LogP contribution in [0, 0.1) is 5.82 Å². The van der Waals surface area contributed by atoms with Gasteiger partial charge in [0.2, 0.25) is 0 Å². The van der Waals surface area contributed by atoms with Gasteiger partial charge in [-0.05, 0) is 48.0 Å². The molecule has 2 aromatic carbocycles. The minimum absolute atomic E-state index is 0.126. The third-order valence-corrected chi connectivity index (χ3v) is 5.78. The highest BCUT2D eigenvalue weighted by Gasteiger charge is 2.33. The first-order valence-electron chi connectivity index (χ1n) is 9.30. The highest BCUT2D eigenvalue weighted by molar-refractivity contribution is 8.27. The number of esters is 1. The number of halogens is 1. The Labute approximate surface area is 192 Å². The molecule has 1 amide bonds. The van der Waals surface area contributed by atoms with Crippen molar-refractivity contribution in [2.45, 2.75) is 0 Å². The van der Waals surface area contributed by atoms with Crippen molar-refractivity contribution in [2.24, 2.45) is 0 Å². The Morgan fingerprint density at radius 1 is 1.16 bits per heavy atom. The normalized spacial score (nSPS) is 14.7. The average Bonchev–Trinajstić information content (AvgIpc) is 3.08. The number of hydrogen-bond donors (Lipinski definition) is 0. The Hall–Kier alpha value is -3.56. The van der Waals surface area contributed by atoms with E-state index in [1.807, 2.05) is 0 Å². The van der Waals surface area contributed by atoms with E-state index >= 15 is 0 Å². The number of nitrogens with zero attached hydrogens (tertiary/aromatic N) is 2. The van der Waals surface area contributed by atoms with Crippen LogP contribution in [0.5, 0.6) is 11.5 Å². The first-order chi connectivity index (χ1) is 15.5. The molecule has 0 saturated carbocycles. The van der Waals surface area contributed by atoms with Crippen molar-refractivity contribution in [2.75, 3.05) is 12.0 Å². The van der Waals surface area contributed by atoms with Gasteiger partial charge in [-0.25, -0.2) is 9.18 Å². The molecule has 6 nitrogen and oxygen atoms in total. The second kappa shape index (κ2) is 9.29. The molecular weight excluding hydrogens is 451 g/mol. The first kappa shape index (κ1) is 21.7. The van der Waals surface area contributed by atoms with E-state index in [0.29, 0.717) is 20.5 Å². The molecule has 9 heteroatoms. The largest absolute Gasteiger partial charge is 0.493 e. The molecule has 0 aliphatic carbocycles. The lowest BCUT2D eigenvalue weighted by Crippen LogP contribution is -2.27. The van der Waals surface area contributed by atoms with Crippen LogP contribution in [0.1, 0.15) is 15.9 Å². The lowest BCUT2D eigenvalue weighted by atomic mass is 10.1. The molecule has 1 aliphatic rings. The van der Waals surface area contributed by atoms with Gasteiger partial charge in [0.25, 0.3) is 5.91 Å². The number of ether oxygens (including phenoxy) is 2. The molecule has 160 valence electrons. The standard InChI is InChI=1S/C23H15FN2O4S2/c1-29-19-11-14(8-9-18(19)30-22(28)16-6-2-3-7-17(16)24)12-20-21(27)26(23(31)32-20)15-5-4-10-25-13-15/h2-13H,1H3/b20-12-. The molecule has 1 saturated heterocycles. The average molecular weight is 467 g/mol. The number of thioether (sulfide) groups is 1. The molecule has 3 aromatic rings. The van der Waals surface area contributed by atoms with Gasteiger partial charge in [-0.1, -0.05) is 42.2 Å². The van der Waals surface area contributed by atoms with Gasteiger partial charge < -0.3 is 9.47 Å². The fraction of sp³-hybridized carbons (Fsp3) is 0.0435.